The molecule has 27 aromatic rings. The number of rotatable bonds is 15. The average molecular weight is 1750 g/mol. The number of aromatic nitrogens is 3. The highest BCUT2D eigenvalue weighted by Gasteiger charge is 2.25. The van der Waals surface area contributed by atoms with Gasteiger partial charge < -0.3 is 37.2 Å². The molecule has 135 heavy (non-hydrogen) atoms. The van der Waals surface area contributed by atoms with Crippen molar-refractivity contribution in [3.63, 3.8) is 0 Å². The minimum absolute atomic E-state index is 0.908. The van der Waals surface area contributed by atoms with E-state index in [1.165, 1.54) is 91.6 Å². The molecule has 0 saturated heterocycles. The highest BCUT2D eigenvalue weighted by molar-refractivity contribution is 7.26. The lowest BCUT2D eigenvalue weighted by molar-refractivity contribution is 0.672. The maximum absolute atomic E-state index is 6.56. The monoisotopic (exact) mass is 1740 g/mol. The average Bonchev–Trinajstić information content (AvgIpc) is 1.57. The number of hydrogen-bond donors (Lipinski definition) is 0. The van der Waals surface area contributed by atoms with Crippen LogP contribution in [0.25, 0.3) is 180 Å². The van der Waals surface area contributed by atoms with Crippen molar-refractivity contribution in [1.82, 2.24) is 13.7 Å². The molecule has 0 atom stereocenters. The van der Waals surface area contributed by atoms with E-state index in [4.69, 9.17) is 8.83 Å². The standard InChI is InChI=1S/C48H32N2O.C42H28N2O.C36H24N2S/c1-3-12-33(13-4-1)35-22-26-37(27-23-35)49(38-28-24-36(25-29-38)34-14-5-2-6-15-34)39-16-11-17-40(32-39)50-44-20-9-7-19-43(44)47-45(50)31-30-42-41-18-8-10-21-46(41)51-48(42)47;1-3-11-31(12-4-1)43(32-13-5-2-6-14-32)33-23-19-29(20-24-33)30-21-25-34(26-22-30)44-38-17-9-7-16-37(38)41-39(44)28-27-36-35-15-8-10-18-40(35)45-42(36)41;1-3-11-25(12-4-1)37(26-13-5-2-6-14-26)27-19-21-28(22-20-27)38-32-17-9-7-16-31(32)35-33(38)24-23-30-29-15-8-10-18-34(29)39-36(30)35/h1-32H;1-28H;1-24H. The maximum atomic E-state index is 6.56. The smallest absolute Gasteiger partial charge is 0.145 e. The molecule has 0 saturated carbocycles. The van der Waals surface area contributed by atoms with Gasteiger partial charge >= 0.3 is 0 Å². The van der Waals surface area contributed by atoms with E-state index in [9.17, 15) is 0 Å². The molecule has 0 unspecified atom stereocenters. The summed E-state index contributed by atoms with van der Waals surface area (Å²) < 4.78 is 22.9. The quantitative estimate of drug-likeness (QED) is 0.102. The molecule has 0 radical (unpaired) electrons. The summed E-state index contributed by atoms with van der Waals surface area (Å²) in [5, 5.41) is 14.5. The molecule has 8 nitrogen and oxygen atoms in total. The van der Waals surface area contributed by atoms with Crippen LogP contribution < -0.4 is 14.7 Å². The Hall–Kier alpha value is -17.8. The number of anilines is 9. The topological polar surface area (TPSA) is 50.8 Å². The van der Waals surface area contributed by atoms with Crippen molar-refractivity contribution in [2.24, 2.45) is 0 Å². The van der Waals surface area contributed by atoms with Crippen LogP contribution in [0.3, 0.4) is 0 Å². The molecule has 636 valence electrons. The van der Waals surface area contributed by atoms with Crippen molar-refractivity contribution in [3.05, 3.63) is 510 Å². The predicted molar refractivity (Wildman–Crippen MR) is 570 cm³/mol. The SMILES string of the molecule is c1ccc(-c2ccc(N(c3ccc(-c4ccccc4)cc3)c3cccc(-n4c5ccccc5c5c6oc7ccccc7c6ccc54)c3)cc2)cc1.c1ccc(N(c2ccccc2)c2ccc(-c3ccc(-n4c5ccccc5c5c6oc7ccccc7c6ccc54)cc3)cc2)cc1.c1ccc(N(c2ccccc2)c2ccc(-n3c4ccccc4c4c5sc6ccccc6c5ccc43)cc2)cc1. The molecule has 0 N–H and O–H groups in total. The fraction of sp³-hybridized carbons (Fsp3) is 0. The molecule has 0 spiro atoms. The number of para-hydroxylation sites is 9. The van der Waals surface area contributed by atoms with E-state index >= 15 is 0 Å². The second-order valence-electron chi connectivity index (χ2n) is 34.2. The van der Waals surface area contributed by atoms with E-state index in [1.54, 1.807) is 0 Å². The first-order chi connectivity index (χ1) is 67.0. The molecule has 27 rings (SSSR count). The van der Waals surface area contributed by atoms with Gasteiger partial charge in [0.2, 0.25) is 0 Å². The van der Waals surface area contributed by atoms with Gasteiger partial charge in [0.05, 0.1) is 43.9 Å². The van der Waals surface area contributed by atoms with Gasteiger partial charge in [-0.2, -0.15) is 0 Å². The van der Waals surface area contributed by atoms with E-state index < -0.39 is 0 Å². The van der Waals surface area contributed by atoms with E-state index in [0.717, 1.165) is 139 Å². The van der Waals surface area contributed by atoms with Gasteiger partial charge in [0.25, 0.3) is 0 Å². The third-order valence-electron chi connectivity index (χ3n) is 26.4. The second-order valence-corrected chi connectivity index (χ2v) is 35.2. The van der Waals surface area contributed by atoms with Crippen LogP contribution in [0.15, 0.2) is 518 Å². The summed E-state index contributed by atoms with van der Waals surface area (Å²) in [4.78, 5) is 6.93. The van der Waals surface area contributed by atoms with E-state index in [1.807, 2.05) is 29.5 Å². The van der Waals surface area contributed by atoms with Crippen LogP contribution in [-0.4, -0.2) is 13.7 Å². The van der Waals surface area contributed by atoms with Gasteiger partial charge in [-0.3, -0.25) is 0 Å². The first kappa shape index (κ1) is 79.4. The molecular formula is C126H84N6O2S. The summed E-state index contributed by atoms with van der Waals surface area (Å²) in [6.45, 7) is 0. The van der Waals surface area contributed by atoms with Crippen LogP contribution in [0.2, 0.25) is 0 Å². The van der Waals surface area contributed by atoms with Crippen LogP contribution >= 0.6 is 11.3 Å². The number of thiophene rings is 1. The fourth-order valence-electron chi connectivity index (χ4n) is 20.2. The summed E-state index contributed by atoms with van der Waals surface area (Å²) in [6, 6.07) is 181. The maximum Gasteiger partial charge on any atom is 0.145 e. The van der Waals surface area contributed by atoms with Gasteiger partial charge in [-0.1, -0.05) is 303 Å². The van der Waals surface area contributed by atoms with Gasteiger partial charge in [-0.15, -0.1) is 11.3 Å². The summed E-state index contributed by atoms with van der Waals surface area (Å²) in [7, 11) is 0. The first-order valence-electron chi connectivity index (χ1n) is 45.8. The van der Waals surface area contributed by atoms with Crippen LogP contribution in [0.1, 0.15) is 0 Å². The lowest BCUT2D eigenvalue weighted by Crippen LogP contribution is -2.10. The minimum Gasteiger partial charge on any atom is -0.455 e. The van der Waals surface area contributed by atoms with Gasteiger partial charge in [0, 0.05) is 132 Å². The molecule has 6 heterocycles. The number of nitrogens with zero attached hydrogens (tertiary/aromatic N) is 6. The van der Waals surface area contributed by atoms with Gasteiger partial charge in [0.1, 0.15) is 22.3 Å². The molecule has 9 heteroatoms. The van der Waals surface area contributed by atoms with Crippen LogP contribution in [0, 0.1) is 0 Å². The van der Waals surface area contributed by atoms with Crippen LogP contribution in [0.4, 0.5) is 51.2 Å². The normalized spacial score (nSPS) is 11.6. The van der Waals surface area contributed by atoms with Crippen molar-refractivity contribution in [3.8, 4) is 50.4 Å². The largest absolute Gasteiger partial charge is 0.455 e. The number of hydrogen-bond acceptors (Lipinski definition) is 6. The minimum atomic E-state index is 0.908. The summed E-state index contributed by atoms with van der Waals surface area (Å²) in [5.41, 5.74) is 31.3. The third kappa shape index (κ3) is 14.2. The molecule has 0 fully saturated rings. The highest BCUT2D eigenvalue weighted by atomic mass is 32.1. The Labute approximate surface area is 783 Å². The van der Waals surface area contributed by atoms with Crippen molar-refractivity contribution in [1.29, 1.82) is 0 Å². The Balaban J connectivity index is 0.000000109. The zero-order chi connectivity index (χ0) is 89.2. The number of fused-ring (bicyclic) bond motifs is 21. The van der Waals surface area contributed by atoms with Crippen molar-refractivity contribution in [2.45, 2.75) is 0 Å². The molecule has 0 aliphatic rings. The van der Waals surface area contributed by atoms with Crippen molar-refractivity contribution < 1.29 is 8.83 Å². The highest BCUT2D eigenvalue weighted by Crippen LogP contribution is 2.49. The summed E-state index contributed by atoms with van der Waals surface area (Å²) in [5.74, 6) is 0. The molecule has 0 bridgehead atoms. The lowest BCUT2D eigenvalue weighted by Gasteiger charge is -2.26. The molecule has 21 aromatic carbocycles. The Bertz CT molecular complexity index is 8900. The van der Waals surface area contributed by atoms with Crippen molar-refractivity contribution >= 4 is 192 Å². The summed E-state index contributed by atoms with van der Waals surface area (Å²) in [6.07, 6.45) is 0. The van der Waals surface area contributed by atoms with Crippen molar-refractivity contribution in [2.75, 3.05) is 14.7 Å². The number of benzene rings is 21. The van der Waals surface area contributed by atoms with Gasteiger partial charge in [-0.05, 0) is 240 Å². The van der Waals surface area contributed by atoms with Gasteiger partial charge in [0.15, 0.2) is 0 Å². The fourth-order valence-corrected chi connectivity index (χ4v) is 21.4. The van der Waals surface area contributed by atoms with Gasteiger partial charge in [-0.25, -0.2) is 0 Å². The van der Waals surface area contributed by atoms with E-state index in [0.29, 0.717) is 0 Å². The van der Waals surface area contributed by atoms with Crippen LogP contribution in [0.5, 0.6) is 0 Å². The lowest BCUT2D eigenvalue weighted by atomic mass is 10.0. The zero-order valence-electron chi connectivity index (χ0n) is 73.4. The second kappa shape index (κ2) is 33.9. The first-order valence-corrected chi connectivity index (χ1v) is 46.7. The van der Waals surface area contributed by atoms with Crippen LogP contribution in [-0.2, 0) is 0 Å². The van der Waals surface area contributed by atoms with E-state index in [2.05, 4.69) is 520 Å². The Morgan fingerprint density at radius 3 is 0.867 bits per heavy atom. The molecule has 6 aromatic heterocycles. The third-order valence-corrected chi connectivity index (χ3v) is 27.6. The number of furan rings is 2. The Kier molecular flexibility index (Phi) is 20.0. The summed E-state index contributed by atoms with van der Waals surface area (Å²) >= 11 is 1.90. The zero-order valence-corrected chi connectivity index (χ0v) is 74.2. The van der Waals surface area contributed by atoms with E-state index in [-0.39, 0.29) is 0 Å². The molecule has 0 amide bonds. The Morgan fingerprint density at radius 2 is 0.452 bits per heavy atom. The molecular weight excluding hydrogens is 1660 g/mol. The molecule has 0 aliphatic carbocycles. The Morgan fingerprint density at radius 1 is 0.170 bits per heavy atom. The predicted octanol–water partition coefficient (Wildman–Crippen LogP) is 35.9. The molecule has 0 aliphatic heterocycles.